The summed E-state index contributed by atoms with van der Waals surface area (Å²) in [4.78, 5) is 13.3. The van der Waals surface area contributed by atoms with Gasteiger partial charge < -0.3 is 9.64 Å². The van der Waals surface area contributed by atoms with E-state index in [0.29, 0.717) is 13.2 Å². The summed E-state index contributed by atoms with van der Waals surface area (Å²) in [6.45, 7) is 2.18. The highest BCUT2D eigenvalue weighted by Gasteiger charge is 2.23. The normalized spacial score (nSPS) is 24.8. The molecule has 0 aliphatic carbocycles. The molecule has 0 aromatic heterocycles. The summed E-state index contributed by atoms with van der Waals surface area (Å²) < 4.78 is 5.28. The van der Waals surface area contributed by atoms with Gasteiger partial charge in [0.25, 0.3) is 0 Å². The molecule has 66 valence electrons. The molecule has 0 aromatic carbocycles. The molecule has 1 rings (SSSR count). The lowest BCUT2D eigenvalue weighted by atomic mass is 10.1. The molecule has 0 radical (unpaired) electrons. The molecule has 0 bridgehead atoms. The number of ether oxygens (including phenoxy) is 1. The van der Waals surface area contributed by atoms with Crippen molar-refractivity contribution in [2.45, 2.75) is 12.5 Å². The van der Waals surface area contributed by atoms with Gasteiger partial charge in [0.05, 0.1) is 13.0 Å². The van der Waals surface area contributed by atoms with Gasteiger partial charge in [0.1, 0.15) is 6.10 Å². The van der Waals surface area contributed by atoms with E-state index in [2.05, 4.69) is 10.8 Å². The third-order valence-corrected chi connectivity index (χ3v) is 1.90. The first-order valence-corrected chi connectivity index (χ1v) is 4.00. The quantitative estimate of drug-likeness (QED) is 0.538. The molecule has 1 atom stereocenters. The van der Waals surface area contributed by atoms with Crippen LogP contribution in [0, 0.1) is 12.3 Å². The molecule has 1 aliphatic heterocycles. The highest BCUT2D eigenvalue weighted by atomic mass is 16.5. The fourth-order valence-corrected chi connectivity index (χ4v) is 1.19. The van der Waals surface area contributed by atoms with E-state index in [9.17, 15) is 4.79 Å². The molecular formula is C9H13NO2. The maximum atomic E-state index is 11.2. The molecule has 1 saturated heterocycles. The molecular weight excluding hydrogens is 154 g/mol. The summed E-state index contributed by atoms with van der Waals surface area (Å²) >= 11 is 0. The Balaban J connectivity index is 2.41. The lowest BCUT2D eigenvalue weighted by Gasteiger charge is -2.28. The highest BCUT2D eigenvalue weighted by molar-refractivity contribution is 5.85. The molecule has 0 spiro atoms. The Morgan fingerprint density at radius 2 is 2.58 bits per heavy atom. The molecule has 12 heavy (non-hydrogen) atoms. The Hall–Kier alpha value is -0.850. The van der Waals surface area contributed by atoms with Crippen molar-refractivity contribution in [1.82, 2.24) is 4.90 Å². The van der Waals surface area contributed by atoms with E-state index >= 15 is 0 Å². The van der Waals surface area contributed by atoms with E-state index in [4.69, 9.17) is 11.2 Å². The number of ketones is 1. The van der Waals surface area contributed by atoms with Crippen molar-refractivity contribution >= 4 is 5.78 Å². The number of hydrogen-bond acceptors (Lipinski definition) is 3. The van der Waals surface area contributed by atoms with Crippen molar-refractivity contribution in [2.24, 2.45) is 0 Å². The minimum Gasteiger partial charge on any atom is -0.368 e. The zero-order chi connectivity index (χ0) is 8.97. The summed E-state index contributed by atoms with van der Waals surface area (Å²) in [7, 11) is 1.97. The average molecular weight is 167 g/mol. The van der Waals surface area contributed by atoms with Crippen molar-refractivity contribution in [3.05, 3.63) is 0 Å². The van der Waals surface area contributed by atoms with Crippen molar-refractivity contribution < 1.29 is 9.53 Å². The topological polar surface area (TPSA) is 29.5 Å². The zero-order valence-electron chi connectivity index (χ0n) is 7.25. The Kier molecular flexibility index (Phi) is 3.27. The average Bonchev–Trinajstić information content (AvgIpc) is 2.05. The fourth-order valence-electron chi connectivity index (χ4n) is 1.19. The first-order valence-electron chi connectivity index (χ1n) is 4.00. The van der Waals surface area contributed by atoms with Crippen LogP contribution in [0.15, 0.2) is 0 Å². The number of hydrogen-bond donors (Lipinski definition) is 0. The molecule has 0 amide bonds. The molecule has 0 N–H and O–H groups in total. The lowest BCUT2D eigenvalue weighted by Crippen LogP contribution is -2.43. The van der Waals surface area contributed by atoms with Crippen LogP contribution >= 0.6 is 0 Å². The van der Waals surface area contributed by atoms with Gasteiger partial charge in [-0.3, -0.25) is 4.79 Å². The zero-order valence-corrected chi connectivity index (χ0v) is 7.25. The molecule has 1 unspecified atom stereocenters. The van der Waals surface area contributed by atoms with Gasteiger partial charge >= 0.3 is 0 Å². The second kappa shape index (κ2) is 4.24. The highest BCUT2D eigenvalue weighted by Crippen LogP contribution is 2.05. The van der Waals surface area contributed by atoms with Crippen molar-refractivity contribution in [1.29, 1.82) is 0 Å². The predicted octanol–water partition coefficient (Wildman–Crippen LogP) is -0.0906. The number of carbonyl (C=O) groups excluding carboxylic acids is 1. The second-order valence-corrected chi connectivity index (χ2v) is 2.97. The van der Waals surface area contributed by atoms with Crippen molar-refractivity contribution in [2.75, 3.05) is 26.7 Å². The largest absolute Gasteiger partial charge is 0.368 e. The van der Waals surface area contributed by atoms with Gasteiger partial charge in [-0.1, -0.05) is 5.92 Å². The van der Waals surface area contributed by atoms with E-state index in [1.54, 1.807) is 0 Å². The maximum Gasteiger partial charge on any atom is 0.174 e. The molecule has 0 saturated carbocycles. The van der Waals surface area contributed by atoms with Crippen LogP contribution in [-0.4, -0.2) is 43.5 Å². The summed E-state index contributed by atoms with van der Waals surface area (Å²) in [6, 6.07) is 0. The van der Waals surface area contributed by atoms with Crippen LogP contribution < -0.4 is 0 Å². The SMILES string of the molecule is C#CCC(=O)C1CN(C)CCO1. The number of morpholine rings is 1. The Labute approximate surface area is 72.7 Å². The number of rotatable bonds is 2. The van der Waals surface area contributed by atoms with Crippen LogP contribution in [0.1, 0.15) is 6.42 Å². The van der Waals surface area contributed by atoms with E-state index in [-0.39, 0.29) is 18.3 Å². The predicted molar refractivity (Wildman–Crippen MR) is 45.7 cm³/mol. The molecule has 3 heteroatoms. The van der Waals surface area contributed by atoms with Gasteiger partial charge in [-0.25, -0.2) is 0 Å². The fraction of sp³-hybridized carbons (Fsp3) is 0.667. The van der Waals surface area contributed by atoms with E-state index < -0.39 is 0 Å². The van der Waals surface area contributed by atoms with Crippen LogP contribution in [0.5, 0.6) is 0 Å². The Morgan fingerprint density at radius 3 is 3.17 bits per heavy atom. The third kappa shape index (κ3) is 2.33. The summed E-state index contributed by atoms with van der Waals surface area (Å²) in [6.07, 6.45) is 4.90. The van der Waals surface area contributed by atoms with Gasteiger partial charge in [-0.2, -0.15) is 0 Å². The van der Waals surface area contributed by atoms with E-state index in [0.717, 1.165) is 6.54 Å². The molecule has 0 aromatic rings. The summed E-state index contributed by atoms with van der Waals surface area (Å²) in [5.74, 6) is 2.35. The van der Waals surface area contributed by atoms with Crippen LogP contribution in [0.3, 0.4) is 0 Å². The van der Waals surface area contributed by atoms with Crippen LogP contribution in [0.25, 0.3) is 0 Å². The maximum absolute atomic E-state index is 11.2. The minimum atomic E-state index is -0.306. The number of carbonyl (C=O) groups is 1. The van der Waals surface area contributed by atoms with Gasteiger partial charge in [-0.15, -0.1) is 6.42 Å². The first kappa shape index (κ1) is 9.24. The summed E-state index contributed by atoms with van der Waals surface area (Å²) in [5, 5.41) is 0. The number of Topliss-reactive ketones (excluding diaryl/α,β-unsaturated/α-hetero) is 1. The van der Waals surface area contributed by atoms with Crippen LogP contribution in [0.4, 0.5) is 0 Å². The van der Waals surface area contributed by atoms with Crippen LogP contribution in [-0.2, 0) is 9.53 Å². The van der Waals surface area contributed by atoms with Gasteiger partial charge in [0.15, 0.2) is 5.78 Å². The Morgan fingerprint density at radius 1 is 1.83 bits per heavy atom. The van der Waals surface area contributed by atoms with E-state index in [1.807, 2.05) is 7.05 Å². The number of likely N-dealkylation sites (N-methyl/N-ethyl adjacent to an activating group) is 1. The standard InChI is InChI=1S/C9H13NO2/c1-3-4-8(11)9-7-10(2)5-6-12-9/h1,9H,4-7H2,2H3. The first-order chi connectivity index (χ1) is 5.74. The molecule has 1 aliphatic rings. The Bertz CT molecular complexity index is 207. The monoisotopic (exact) mass is 167 g/mol. The van der Waals surface area contributed by atoms with E-state index in [1.165, 1.54) is 0 Å². The lowest BCUT2D eigenvalue weighted by molar-refractivity contribution is -0.134. The minimum absolute atomic E-state index is 0.0176. The third-order valence-electron chi connectivity index (χ3n) is 1.90. The molecule has 3 nitrogen and oxygen atoms in total. The van der Waals surface area contributed by atoms with Gasteiger partial charge in [0.2, 0.25) is 0 Å². The second-order valence-electron chi connectivity index (χ2n) is 2.97. The van der Waals surface area contributed by atoms with Gasteiger partial charge in [0, 0.05) is 13.1 Å². The molecule has 1 fully saturated rings. The molecule has 1 heterocycles. The van der Waals surface area contributed by atoms with Crippen molar-refractivity contribution in [3.8, 4) is 12.3 Å². The smallest absolute Gasteiger partial charge is 0.174 e. The summed E-state index contributed by atoms with van der Waals surface area (Å²) in [5.41, 5.74) is 0. The van der Waals surface area contributed by atoms with Gasteiger partial charge in [-0.05, 0) is 7.05 Å². The number of terminal acetylenes is 1. The van der Waals surface area contributed by atoms with Crippen molar-refractivity contribution in [3.63, 3.8) is 0 Å². The number of nitrogens with zero attached hydrogens (tertiary/aromatic N) is 1. The van der Waals surface area contributed by atoms with Crippen LogP contribution in [0.2, 0.25) is 0 Å².